The maximum Gasteiger partial charge on any atom is 0.138 e. The second-order valence-corrected chi connectivity index (χ2v) is 6.29. The van der Waals surface area contributed by atoms with E-state index in [2.05, 4.69) is 47.4 Å². The molecule has 0 bridgehead atoms. The minimum Gasteiger partial charge on any atom is -0.380 e. The van der Waals surface area contributed by atoms with E-state index in [4.69, 9.17) is 0 Å². The fourth-order valence-corrected chi connectivity index (χ4v) is 3.08. The van der Waals surface area contributed by atoms with E-state index in [1.807, 2.05) is 10.7 Å². The first kappa shape index (κ1) is 13.2. The quantitative estimate of drug-likeness (QED) is 0.925. The first-order valence-corrected chi connectivity index (χ1v) is 7.37. The van der Waals surface area contributed by atoms with E-state index in [0.29, 0.717) is 11.5 Å². The molecule has 1 saturated carbocycles. The average Bonchev–Trinajstić information content (AvgIpc) is 2.95. The van der Waals surface area contributed by atoms with Gasteiger partial charge in [-0.2, -0.15) is 5.10 Å². The number of benzene rings is 1. The van der Waals surface area contributed by atoms with Gasteiger partial charge in [0.15, 0.2) is 0 Å². The van der Waals surface area contributed by atoms with Gasteiger partial charge in [0.05, 0.1) is 11.4 Å². The minimum absolute atomic E-state index is 0.341. The summed E-state index contributed by atoms with van der Waals surface area (Å²) >= 11 is 0. The zero-order valence-electron chi connectivity index (χ0n) is 12.2. The summed E-state index contributed by atoms with van der Waals surface area (Å²) in [5.41, 5.74) is 2.54. The van der Waals surface area contributed by atoms with Crippen LogP contribution in [0.1, 0.15) is 39.5 Å². The van der Waals surface area contributed by atoms with E-state index in [1.165, 1.54) is 25.7 Å². The summed E-state index contributed by atoms with van der Waals surface area (Å²) in [7, 11) is 0. The molecular formula is C16H22N4. The van der Waals surface area contributed by atoms with E-state index < -0.39 is 0 Å². The van der Waals surface area contributed by atoms with Gasteiger partial charge in [0.25, 0.3) is 0 Å². The van der Waals surface area contributed by atoms with Crippen molar-refractivity contribution in [2.45, 2.75) is 45.6 Å². The maximum absolute atomic E-state index is 4.24. The van der Waals surface area contributed by atoms with Crippen molar-refractivity contribution in [3.05, 3.63) is 36.9 Å². The van der Waals surface area contributed by atoms with Crippen LogP contribution in [-0.4, -0.2) is 20.8 Å². The van der Waals surface area contributed by atoms with E-state index in [1.54, 1.807) is 12.7 Å². The van der Waals surface area contributed by atoms with Gasteiger partial charge in [-0.1, -0.05) is 38.8 Å². The van der Waals surface area contributed by atoms with Crippen LogP contribution in [0.25, 0.3) is 5.69 Å². The lowest BCUT2D eigenvalue weighted by molar-refractivity contribution is 0.217. The van der Waals surface area contributed by atoms with Gasteiger partial charge in [-0.05, 0) is 30.4 Å². The molecule has 4 heteroatoms. The fraction of sp³-hybridized carbons (Fsp3) is 0.500. The molecule has 1 aliphatic rings. The van der Waals surface area contributed by atoms with Crippen LogP contribution in [0.3, 0.4) is 0 Å². The number of aromatic nitrogens is 3. The first-order valence-electron chi connectivity index (χ1n) is 7.37. The number of hydrogen-bond acceptors (Lipinski definition) is 3. The van der Waals surface area contributed by atoms with Crippen LogP contribution in [0.4, 0.5) is 5.69 Å². The highest BCUT2D eigenvalue weighted by Gasteiger charge is 2.32. The van der Waals surface area contributed by atoms with Crippen molar-refractivity contribution >= 4 is 5.69 Å². The Morgan fingerprint density at radius 3 is 2.85 bits per heavy atom. The first-order chi connectivity index (χ1) is 9.67. The molecule has 0 aliphatic heterocycles. The highest BCUT2D eigenvalue weighted by molar-refractivity contribution is 5.61. The van der Waals surface area contributed by atoms with Crippen molar-refractivity contribution in [3.8, 4) is 5.69 Å². The minimum atomic E-state index is 0.341. The molecule has 1 unspecified atom stereocenters. The molecule has 3 rings (SSSR count). The van der Waals surface area contributed by atoms with Gasteiger partial charge in [-0.3, -0.25) is 0 Å². The molecule has 1 fully saturated rings. The van der Waals surface area contributed by atoms with Crippen LogP contribution in [0.5, 0.6) is 0 Å². The molecule has 0 radical (unpaired) electrons. The monoisotopic (exact) mass is 270 g/mol. The van der Waals surface area contributed by atoms with Crippen LogP contribution >= 0.6 is 0 Å². The number of nitrogens with zero attached hydrogens (tertiary/aromatic N) is 3. The molecule has 1 atom stereocenters. The molecule has 1 N–H and O–H groups in total. The Bertz CT molecular complexity index is 560. The molecule has 1 aromatic heterocycles. The van der Waals surface area contributed by atoms with Crippen molar-refractivity contribution in [2.24, 2.45) is 5.41 Å². The Kier molecular flexibility index (Phi) is 3.47. The predicted octanol–water partition coefficient (Wildman–Crippen LogP) is 3.65. The molecule has 0 saturated heterocycles. The van der Waals surface area contributed by atoms with Crippen LogP contribution in [-0.2, 0) is 0 Å². The largest absolute Gasteiger partial charge is 0.380 e. The van der Waals surface area contributed by atoms with Crippen molar-refractivity contribution in [3.63, 3.8) is 0 Å². The normalized spacial score (nSPS) is 21.6. The standard InChI is InChI=1S/C16H22N4/c1-16(2)10-6-5-9-15(16)19-13-7-3-4-8-14(13)20-12-17-11-18-20/h3-4,7-8,11-12,15,19H,5-6,9-10H2,1-2H3. The second-order valence-electron chi connectivity index (χ2n) is 6.29. The Morgan fingerprint density at radius 2 is 2.10 bits per heavy atom. The summed E-state index contributed by atoms with van der Waals surface area (Å²) in [6.07, 6.45) is 8.49. The van der Waals surface area contributed by atoms with Gasteiger partial charge in [0.1, 0.15) is 12.7 Å². The number of nitrogens with one attached hydrogen (secondary N) is 1. The summed E-state index contributed by atoms with van der Waals surface area (Å²) in [5, 5.41) is 7.98. The lowest BCUT2D eigenvalue weighted by Gasteiger charge is -2.40. The van der Waals surface area contributed by atoms with Gasteiger partial charge < -0.3 is 5.32 Å². The molecule has 0 spiro atoms. The Labute approximate surface area is 120 Å². The molecule has 2 aromatic rings. The Morgan fingerprint density at radius 1 is 1.25 bits per heavy atom. The second kappa shape index (κ2) is 5.27. The van der Waals surface area contributed by atoms with Gasteiger partial charge in [-0.15, -0.1) is 0 Å². The van der Waals surface area contributed by atoms with E-state index in [9.17, 15) is 0 Å². The SMILES string of the molecule is CC1(C)CCCCC1Nc1ccccc1-n1cncn1. The third-order valence-electron chi connectivity index (χ3n) is 4.41. The Balaban J connectivity index is 1.88. The van der Waals surface area contributed by atoms with E-state index in [-0.39, 0.29) is 0 Å². The number of hydrogen-bond donors (Lipinski definition) is 1. The third kappa shape index (κ3) is 2.55. The van der Waals surface area contributed by atoms with Crippen molar-refractivity contribution in [1.29, 1.82) is 0 Å². The summed E-state index contributed by atoms with van der Waals surface area (Å²) in [5.74, 6) is 0. The topological polar surface area (TPSA) is 42.7 Å². The third-order valence-corrected chi connectivity index (χ3v) is 4.41. The molecule has 1 aliphatic carbocycles. The van der Waals surface area contributed by atoms with Gasteiger partial charge in [-0.25, -0.2) is 9.67 Å². The summed E-state index contributed by atoms with van der Waals surface area (Å²) in [4.78, 5) is 4.04. The summed E-state index contributed by atoms with van der Waals surface area (Å²) in [6, 6.07) is 8.82. The highest BCUT2D eigenvalue weighted by atomic mass is 15.3. The molecule has 1 aromatic carbocycles. The lowest BCUT2D eigenvalue weighted by Crippen LogP contribution is -2.39. The Hall–Kier alpha value is -1.84. The zero-order valence-corrected chi connectivity index (χ0v) is 12.2. The average molecular weight is 270 g/mol. The van der Waals surface area contributed by atoms with Crippen LogP contribution in [0.15, 0.2) is 36.9 Å². The molecule has 106 valence electrons. The zero-order chi connectivity index (χ0) is 14.0. The van der Waals surface area contributed by atoms with E-state index in [0.717, 1.165) is 11.4 Å². The van der Waals surface area contributed by atoms with Gasteiger partial charge >= 0.3 is 0 Å². The summed E-state index contributed by atoms with van der Waals surface area (Å²) < 4.78 is 1.82. The number of anilines is 1. The lowest BCUT2D eigenvalue weighted by atomic mass is 9.73. The fourth-order valence-electron chi connectivity index (χ4n) is 3.08. The molecule has 20 heavy (non-hydrogen) atoms. The number of rotatable bonds is 3. The molecule has 4 nitrogen and oxygen atoms in total. The summed E-state index contributed by atoms with van der Waals surface area (Å²) in [6.45, 7) is 4.73. The van der Waals surface area contributed by atoms with Crippen molar-refractivity contribution < 1.29 is 0 Å². The number of para-hydroxylation sites is 2. The van der Waals surface area contributed by atoms with Crippen LogP contribution in [0.2, 0.25) is 0 Å². The highest BCUT2D eigenvalue weighted by Crippen LogP contribution is 2.38. The van der Waals surface area contributed by atoms with Crippen LogP contribution < -0.4 is 5.32 Å². The molecule has 1 heterocycles. The predicted molar refractivity (Wildman–Crippen MR) is 81.0 cm³/mol. The smallest absolute Gasteiger partial charge is 0.138 e. The molecular weight excluding hydrogens is 248 g/mol. The maximum atomic E-state index is 4.24. The van der Waals surface area contributed by atoms with Gasteiger partial charge in [0, 0.05) is 6.04 Å². The van der Waals surface area contributed by atoms with Crippen molar-refractivity contribution in [1.82, 2.24) is 14.8 Å². The van der Waals surface area contributed by atoms with Crippen LogP contribution in [0, 0.1) is 5.41 Å². The van der Waals surface area contributed by atoms with Gasteiger partial charge in [0.2, 0.25) is 0 Å². The molecule has 0 amide bonds. The van der Waals surface area contributed by atoms with E-state index >= 15 is 0 Å². The van der Waals surface area contributed by atoms with Crippen molar-refractivity contribution in [2.75, 3.05) is 5.32 Å².